The van der Waals surface area contributed by atoms with Crippen molar-refractivity contribution in [2.75, 3.05) is 6.54 Å². The molecule has 0 radical (unpaired) electrons. The fraction of sp³-hybridized carbons (Fsp3) is 0.500. The number of thiophene rings is 1. The number of piperidine rings is 1. The van der Waals surface area contributed by atoms with Gasteiger partial charge in [-0.2, -0.15) is 4.31 Å². The minimum absolute atomic E-state index is 0.177. The number of nitrogens with zero attached hydrogens (tertiary/aromatic N) is 1. The van der Waals surface area contributed by atoms with Gasteiger partial charge in [-0.25, -0.2) is 8.42 Å². The highest BCUT2D eigenvalue weighted by Gasteiger charge is 2.38. The molecular formula is C10H12BrNO4S2. The van der Waals surface area contributed by atoms with Gasteiger partial charge in [0.2, 0.25) is 0 Å². The highest BCUT2D eigenvalue weighted by molar-refractivity contribution is 9.10. The Morgan fingerprint density at radius 1 is 1.50 bits per heavy atom. The Hall–Kier alpha value is -0.440. The summed E-state index contributed by atoms with van der Waals surface area (Å²) in [5.41, 5.74) is 0. The first-order valence-corrected chi connectivity index (χ1v) is 8.53. The van der Waals surface area contributed by atoms with Crippen LogP contribution in [-0.2, 0) is 14.8 Å². The molecule has 5 nitrogen and oxygen atoms in total. The Balaban J connectivity index is 2.39. The standard InChI is InChI=1S/C10H12BrNO4S2/c11-7-4-6-17-10(7)18(15,16)12-5-2-1-3-8(12)9(13)14/h4,6,8H,1-3,5H2,(H,13,14). The molecule has 1 aromatic heterocycles. The molecule has 1 fully saturated rings. The molecule has 1 aliphatic heterocycles. The third-order valence-corrected chi connectivity index (χ3v) is 7.42. The van der Waals surface area contributed by atoms with E-state index >= 15 is 0 Å². The second-order valence-electron chi connectivity index (χ2n) is 4.02. The maximum absolute atomic E-state index is 12.4. The van der Waals surface area contributed by atoms with Crippen LogP contribution in [0.2, 0.25) is 0 Å². The monoisotopic (exact) mass is 353 g/mol. The van der Waals surface area contributed by atoms with Gasteiger partial charge < -0.3 is 5.11 Å². The summed E-state index contributed by atoms with van der Waals surface area (Å²) < 4.78 is 26.6. The Morgan fingerprint density at radius 3 is 2.78 bits per heavy atom. The van der Waals surface area contributed by atoms with Gasteiger partial charge in [0.25, 0.3) is 10.0 Å². The topological polar surface area (TPSA) is 74.7 Å². The molecule has 0 aliphatic carbocycles. The van der Waals surface area contributed by atoms with Crippen LogP contribution < -0.4 is 0 Å². The van der Waals surface area contributed by atoms with E-state index in [4.69, 9.17) is 5.11 Å². The zero-order valence-corrected chi connectivity index (χ0v) is 12.6. The third-order valence-electron chi connectivity index (χ3n) is 2.87. The lowest BCUT2D eigenvalue weighted by atomic mass is 10.1. The minimum atomic E-state index is -3.72. The molecular weight excluding hydrogens is 342 g/mol. The molecule has 2 heterocycles. The molecule has 0 amide bonds. The molecule has 2 rings (SSSR count). The molecule has 100 valence electrons. The van der Waals surface area contributed by atoms with Crippen LogP contribution in [0, 0.1) is 0 Å². The quantitative estimate of drug-likeness (QED) is 0.903. The fourth-order valence-electron chi connectivity index (χ4n) is 2.01. The summed E-state index contributed by atoms with van der Waals surface area (Å²) in [6.07, 6.45) is 1.82. The number of hydrogen-bond donors (Lipinski definition) is 1. The van der Waals surface area contributed by atoms with E-state index in [1.165, 1.54) is 0 Å². The molecule has 8 heteroatoms. The predicted octanol–water partition coefficient (Wildman–Crippen LogP) is 2.14. The van der Waals surface area contributed by atoms with Crippen molar-refractivity contribution < 1.29 is 18.3 Å². The van der Waals surface area contributed by atoms with Gasteiger partial charge in [-0.05, 0) is 46.6 Å². The first-order valence-electron chi connectivity index (χ1n) is 5.42. The lowest BCUT2D eigenvalue weighted by molar-refractivity contribution is -0.142. The van der Waals surface area contributed by atoms with Crippen LogP contribution in [0.4, 0.5) is 0 Å². The average molecular weight is 354 g/mol. The van der Waals surface area contributed by atoms with E-state index in [0.29, 0.717) is 17.3 Å². The Morgan fingerprint density at radius 2 is 2.22 bits per heavy atom. The molecule has 1 aromatic rings. The van der Waals surface area contributed by atoms with Crippen LogP contribution in [0.3, 0.4) is 0 Å². The molecule has 1 N–H and O–H groups in total. The van der Waals surface area contributed by atoms with Crippen LogP contribution in [0.5, 0.6) is 0 Å². The van der Waals surface area contributed by atoms with E-state index in [0.717, 1.165) is 22.1 Å². The summed E-state index contributed by atoms with van der Waals surface area (Å²) in [5.74, 6) is -1.08. The van der Waals surface area contributed by atoms with Crippen molar-refractivity contribution >= 4 is 43.3 Å². The van der Waals surface area contributed by atoms with Crippen LogP contribution >= 0.6 is 27.3 Å². The van der Waals surface area contributed by atoms with Crippen LogP contribution in [0.25, 0.3) is 0 Å². The summed E-state index contributed by atoms with van der Waals surface area (Å²) in [5, 5.41) is 10.8. The molecule has 0 bridgehead atoms. The number of carboxylic acid groups (broad SMARTS) is 1. The van der Waals surface area contributed by atoms with Gasteiger partial charge >= 0.3 is 5.97 Å². The summed E-state index contributed by atoms with van der Waals surface area (Å²) in [7, 11) is -3.72. The Labute approximate surface area is 118 Å². The van der Waals surface area contributed by atoms with E-state index in [1.807, 2.05) is 0 Å². The number of aliphatic carboxylic acids is 1. The number of sulfonamides is 1. The van der Waals surface area contributed by atoms with Gasteiger partial charge in [0.15, 0.2) is 0 Å². The molecule has 1 aliphatic rings. The number of hydrogen-bond acceptors (Lipinski definition) is 4. The van der Waals surface area contributed by atoms with Gasteiger partial charge in [0.1, 0.15) is 10.3 Å². The first kappa shape index (κ1) is 14.0. The predicted molar refractivity (Wildman–Crippen MR) is 71.2 cm³/mol. The van der Waals surface area contributed by atoms with Crippen LogP contribution in [-0.4, -0.2) is 36.4 Å². The van der Waals surface area contributed by atoms with E-state index < -0.39 is 22.0 Å². The molecule has 0 spiro atoms. The van der Waals surface area contributed by atoms with E-state index in [2.05, 4.69) is 15.9 Å². The largest absolute Gasteiger partial charge is 0.480 e. The Bertz CT molecular complexity index is 554. The molecule has 1 atom stereocenters. The molecule has 18 heavy (non-hydrogen) atoms. The van der Waals surface area contributed by atoms with Crippen LogP contribution in [0.15, 0.2) is 20.1 Å². The maximum atomic E-state index is 12.4. The normalized spacial score (nSPS) is 21.9. The van der Waals surface area contributed by atoms with Crippen molar-refractivity contribution in [1.82, 2.24) is 4.31 Å². The lowest BCUT2D eigenvalue weighted by Gasteiger charge is -2.31. The highest BCUT2D eigenvalue weighted by Crippen LogP contribution is 2.33. The molecule has 0 saturated carbocycles. The number of halogens is 1. The summed E-state index contributed by atoms with van der Waals surface area (Å²) in [6.45, 7) is 0.268. The summed E-state index contributed by atoms with van der Waals surface area (Å²) >= 11 is 4.28. The zero-order valence-electron chi connectivity index (χ0n) is 9.37. The van der Waals surface area contributed by atoms with Crippen molar-refractivity contribution in [2.24, 2.45) is 0 Å². The van der Waals surface area contributed by atoms with Gasteiger partial charge in [-0.3, -0.25) is 4.79 Å². The lowest BCUT2D eigenvalue weighted by Crippen LogP contribution is -2.47. The first-order chi connectivity index (χ1) is 8.44. The fourth-order valence-corrected chi connectivity index (χ4v) is 6.09. The van der Waals surface area contributed by atoms with Crippen molar-refractivity contribution in [1.29, 1.82) is 0 Å². The van der Waals surface area contributed by atoms with E-state index in [-0.39, 0.29) is 10.8 Å². The SMILES string of the molecule is O=C(O)C1CCCCN1S(=O)(=O)c1sccc1Br. The maximum Gasteiger partial charge on any atom is 0.322 e. The van der Waals surface area contributed by atoms with Gasteiger partial charge in [0, 0.05) is 11.0 Å². The summed E-state index contributed by atoms with van der Waals surface area (Å²) in [4.78, 5) is 11.2. The average Bonchev–Trinajstić information content (AvgIpc) is 2.76. The highest BCUT2D eigenvalue weighted by atomic mass is 79.9. The molecule has 0 aromatic carbocycles. The third kappa shape index (κ3) is 2.47. The van der Waals surface area contributed by atoms with E-state index in [1.54, 1.807) is 11.4 Å². The van der Waals surface area contributed by atoms with Gasteiger partial charge in [-0.1, -0.05) is 0 Å². The van der Waals surface area contributed by atoms with Crippen molar-refractivity contribution in [2.45, 2.75) is 29.5 Å². The second-order valence-corrected chi connectivity index (χ2v) is 7.88. The molecule has 1 saturated heterocycles. The molecule has 1 unspecified atom stereocenters. The van der Waals surface area contributed by atoms with Crippen molar-refractivity contribution in [3.8, 4) is 0 Å². The Kier molecular flexibility index (Phi) is 4.10. The van der Waals surface area contributed by atoms with Crippen LogP contribution in [0.1, 0.15) is 19.3 Å². The van der Waals surface area contributed by atoms with Gasteiger partial charge in [0.05, 0.1) is 0 Å². The van der Waals surface area contributed by atoms with Gasteiger partial charge in [-0.15, -0.1) is 11.3 Å². The van der Waals surface area contributed by atoms with E-state index in [9.17, 15) is 13.2 Å². The smallest absolute Gasteiger partial charge is 0.322 e. The van der Waals surface area contributed by atoms with Crippen molar-refractivity contribution in [3.63, 3.8) is 0 Å². The number of carboxylic acids is 1. The zero-order chi connectivity index (χ0) is 13.3. The van der Waals surface area contributed by atoms with Crippen molar-refractivity contribution in [3.05, 3.63) is 15.9 Å². The number of carbonyl (C=O) groups is 1. The minimum Gasteiger partial charge on any atom is -0.480 e. The summed E-state index contributed by atoms with van der Waals surface area (Å²) in [6, 6.07) is 0.704. The number of rotatable bonds is 3. The second kappa shape index (κ2) is 5.28.